The van der Waals surface area contributed by atoms with Gasteiger partial charge < -0.3 is 35.2 Å². The maximum Gasteiger partial charge on any atom is 0.310 e. The largest absolute Gasteiger partial charge is 0.508 e. The fourth-order valence-electron chi connectivity index (χ4n) is 6.98. The number of aliphatic hydroxyl groups excluding tert-OH is 1. The summed E-state index contributed by atoms with van der Waals surface area (Å²) in [5.41, 5.74) is 7.49. The summed E-state index contributed by atoms with van der Waals surface area (Å²) in [6.45, 7) is 6.65. The summed E-state index contributed by atoms with van der Waals surface area (Å²) >= 11 is 6.61. The van der Waals surface area contributed by atoms with Crippen molar-refractivity contribution in [2.75, 3.05) is 38.6 Å². The maximum atomic E-state index is 13.0. The predicted molar refractivity (Wildman–Crippen MR) is 209 cm³/mol. The van der Waals surface area contributed by atoms with Crippen LogP contribution in [-0.4, -0.2) is 66.4 Å². The molecule has 1 atom stereocenters. The number of carbonyl (C=O) groups excluding carboxylic acids is 2. The number of benzene rings is 4. The molecular formula is C43H46ClN3O6. The van der Waals surface area contributed by atoms with Crippen molar-refractivity contribution in [3.05, 3.63) is 130 Å². The van der Waals surface area contributed by atoms with Gasteiger partial charge in [0.1, 0.15) is 17.6 Å². The molecule has 4 aromatic rings. The third kappa shape index (κ3) is 9.74. The van der Waals surface area contributed by atoms with Gasteiger partial charge in [-0.25, -0.2) is 0 Å². The second-order valence-electron chi connectivity index (χ2n) is 13.6. The highest BCUT2D eigenvalue weighted by molar-refractivity contribution is 6.33. The van der Waals surface area contributed by atoms with E-state index >= 15 is 0 Å². The SMILES string of the molecule is C=C1C=Cc2c([C@@H](O)CNCc3cc(Cl)c(NC(=O)CCN4CCC(OC(=O)Cc5ccccc5-c5ccccc5)CC4)cc3OC)ccc(O)c2C1. The third-order valence-electron chi connectivity index (χ3n) is 9.84. The van der Waals surface area contributed by atoms with E-state index in [9.17, 15) is 19.8 Å². The summed E-state index contributed by atoms with van der Waals surface area (Å²) in [6, 6.07) is 24.8. The van der Waals surface area contributed by atoms with Gasteiger partial charge in [-0.1, -0.05) is 96.6 Å². The van der Waals surface area contributed by atoms with Gasteiger partial charge in [-0.2, -0.15) is 0 Å². The number of aliphatic hydroxyl groups is 1. The number of nitrogens with one attached hydrogen (secondary N) is 2. The number of esters is 1. The fraction of sp³-hybridized carbons (Fsp3) is 0.302. The van der Waals surface area contributed by atoms with E-state index in [0.717, 1.165) is 57.6 Å². The molecule has 10 heteroatoms. The number of anilines is 1. The highest BCUT2D eigenvalue weighted by Gasteiger charge is 2.24. The van der Waals surface area contributed by atoms with Crippen LogP contribution in [0.4, 0.5) is 5.69 Å². The van der Waals surface area contributed by atoms with Gasteiger partial charge in [0, 0.05) is 62.8 Å². The molecule has 1 amide bonds. The number of aromatic hydroxyl groups is 1. The number of amides is 1. The number of rotatable bonds is 14. The number of piperidine rings is 1. The first kappa shape index (κ1) is 37.8. The smallest absolute Gasteiger partial charge is 0.310 e. The second-order valence-corrected chi connectivity index (χ2v) is 14.0. The van der Waals surface area contributed by atoms with Crippen LogP contribution in [0.5, 0.6) is 11.5 Å². The van der Waals surface area contributed by atoms with Crippen molar-refractivity contribution in [3.63, 3.8) is 0 Å². The van der Waals surface area contributed by atoms with E-state index in [1.165, 1.54) is 0 Å². The number of hydrogen-bond donors (Lipinski definition) is 4. The molecule has 276 valence electrons. The molecule has 1 aliphatic carbocycles. The molecule has 6 rings (SSSR count). The minimum absolute atomic E-state index is 0.143. The normalized spacial score (nSPS) is 15.1. The summed E-state index contributed by atoms with van der Waals surface area (Å²) in [7, 11) is 1.56. The first-order valence-electron chi connectivity index (χ1n) is 18.0. The molecule has 53 heavy (non-hydrogen) atoms. The zero-order valence-electron chi connectivity index (χ0n) is 29.9. The number of ether oxygens (including phenoxy) is 2. The Morgan fingerprint density at radius 1 is 1.00 bits per heavy atom. The first-order valence-corrected chi connectivity index (χ1v) is 18.4. The molecule has 9 nitrogen and oxygen atoms in total. The molecule has 1 aliphatic heterocycles. The van der Waals surface area contributed by atoms with E-state index in [4.69, 9.17) is 21.1 Å². The molecule has 4 N–H and O–H groups in total. The number of methoxy groups -OCH3 is 1. The number of carbonyl (C=O) groups is 2. The summed E-state index contributed by atoms with van der Waals surface area (Å²) in [4.78, 5) is 28.1. The molecule has 1 heterocycles. The Labute approximate surface area is 315 Å². The van der Waals surface area contributed by atoms with Crippen LogP contribution in [0.15, 0.2) is 97.1 Å². The molecule has 0 radical (unpaired) electrons. The van der Waals surface area contributed by atoms with Crippen molar-refractivity contribution in [2.24, 2.45) is 0 Å². The van der Waals surface area contributed by atoms with Crippen LogP contribution in [0, 0.1) is 0 Å². The van der Waals surface area contributed by atoms with Crippen LogP contribution in [0.2, 0.25) is 5.02 Å². The summed E-state index contributed by atoms with van der Waals surface area (Å²) in [5, 5.41) is 27.9. The number of allylic oxidation sites excluding steroid dienone is 2. The van der Waals surface area contributed by atoms with Gasteiger partial charge in [0.2, 0.25) is 5.91 Å². The van der Waals surface area contributed by atoms with Gasteiger partial charge >= 0.3 is 5.97 Å². The lowest BCUT2D eigenvalue weighted by molar-refractivity contribution is -0.150. The van der Waals surface area contributed by atoms with Crippen LogP contribution in [0.3, 0.4) is 0 Å². The van der Waals surface area contributed by atoms with Crippen LogP contribution in [0.25, 0.3) is 17.2 Å². The van der Waals surface area contributed by atoms with E-state index in [0.29, 0.717) is 48.8 Å². The molecule has 0 aromatic heterocycles. The molecule has 0 unspecified atom stereocenters. The van der Waals surface area contributed by atoms with Gasteiger partial charge in [-0.15, -0.1) is 0 Å². The molecule has 2 aliphatic rings. The first-order chi connectivity index (χ1) is 25.7. The van der Waals surface area contributed by atoms with Gasteiger partial charge in [0.25, 0.3) is 0 Å². The highest BCUT2D eigenvalue weighted by atomic mass is 35.5. The van der Waals surface area contributed by atoms with Gasteiger partial charge in [-0.05, 0) is 52.8 Å². The number of nitrogens with zero attached hydrogens (tertiary/aromatic N) is 1. The summed E-state index contributed by atoms with van der Waals surface area (Å²) in [6.07, 6.45) is 5.30. The van der Waals surface area contributed by atoms with Crippen molar-refractivity contribution in [1.29, 1.82) is 0 Å². The van der Waals surface area contributed by atoms with E-state index in [1.54, 1.807) is 31.4 Å². The standard InChI is InChI=1S/C43H46ClN3O6/c1-28-12-13-34-35(14-15-39(48)36(34)22-28)40(49)27-45-26-31-23-37(44)38(25-41(31)52-2)46-42(50)18-21-47-19-16-32(17-20-47)53-43(51)24-30-10-6-7-11-33(30)29-8-4-3-5-9-29/h3-15,23,25,32,40,45,48-49H,1,16-22,24,26-27H2,2H3,(H,46,50)/t40-/m0/s1. The maximum absolute atomic E-state index is 13.0. The Bertz CT molecular complexity index is 1970. The lowest BCUT2D eigenvalue weighted by Gasteiger charge is -2.31. The van der Waals surface area contributed by atoms with Gasteiger partial charge in [-0.3, -0.25) is 9.59 Å². The van der Waals surface area contributed by atoms with Crippen LogP contribution in [-0.2, 0) is 33.7 Å². The number of fused-ring (bicyclic) bond motifs is 1. The fourth-order valence-corrected chi connectivity index (χ4v) is 7.22. The third-order valence-corrected chi connectivity index (χ3v) is 10.1. The summed E-state index contributed by atoms with van der Waals surface area (Å²) < 4.78 is 11.5. The highest BCUT2D eigenvalue weighted by Crippen LogP contribution is 2.35. The minimum atomic E-state index is -0.811. The average Bonchev–Trinajstić information content (AvgIpc) is 3.16. The van der Waals surface area contributed by atoms with Crippen LogP contribution >= 0.6 is 11.6 Å². The van der Waals surface area contributed by atoms with Crippen LogP contribution < -0.4 is 15.4 Å². The van der Waals surface area contributed by atoms with E-state index < -0.39 is 6.10 Å². The average molecular weight is 736 g/mol. The van der Waals surface area contributed by atoms with Crippen molar-refractivity contribution in [1.82, 2.24) is 10.2 Å². The Morgan fingerprint density at radius 2 is 1.75 bits per heavy atom. The molecular weight excluding hydrogens is 690 g/mol. The Balaban J connectivity index is 0.938. The van der Waals surface area contributed by atoms with Crippen molar-refractivity contribution < 1.29 is 29.3 Å². The number of phenolic OH excluding ortho intramolecular Hbond substituents is 1. The van der Waals surface area contributed by atoms with E-state index in [2.05, 4.69) is 22.1 Å². The van der Waals surface area contributed by atoms with Crippen LogP contribution in [0.1, 0.15) is 53.2 Å². The molecule has 0 saturated carbocycles. The number of likely N-dealkylation sites (tertiary alicyclic amines) is 1. The quantitative estimate of drug-likeness (QED) is 0.100. The topological polar surface area (TPSA) is 120 Å². The van der Waals surface area contributed by atoms with Gasteiger partial charge in [0.05, 0.1) is 30.3 Å². The second kappa shape index (κ2) is 17.7. The van der Waals surface area contributed by atoms with Crippen molar-refractivity contribution >= 4 is 35.2 Å². The van der Waals surface area contributed by atoms with Crippen molar-refractivity contribution in [3.8, 4) is 22.6 Å². The monoisotopic (exact) mass is 735 g/mol. The summed E-state index contributed by atoms with van der Waals surface area (Å²) in [5.74, 6) is 0.354. The van der Waals surface area contributed by atoms with E-state index in [1.807, 2.05) is 66.7 Å². The lowest BCUT2D eigenvalue weighted by Crippen LogP contribution is -2.39. The number of hydrogen-bond acceptors (Lipinski definition) is 8. The van der Waals surface area contributed by atoms with Gasteiger partial charge in [0.15, 0.2) is 0 Å². The van der Waals surface area contributed by atoms with Crippen molar-refractivity contribution in [2.45, 2.75) is 50.9 Å². The zero-order valence-corrected chi connectivity index (χ0v) is 30.7. The van der Waals surface area contributed by atoms with E-state index in [-0.39, 0.29) is 43.1 Å². The molecule has 1 fully saturated rings. The zero-order chi connectivity index (χ0) is 37.3. The molecule has 0 spiro atoms. The Hall–Kier alpha value is -4.93. The Morgan fingerprint density at radius 3 is 2.53 bits per heavy atom. The lowest BCUT2D eigenvalue weighted by atomic mass is 9.88. The molecule has 1 saturated heterocycles. The minimum Gasteiger partial charge on any atom is -0.508 e. The number of halogens is 1. The Kier molecular flexibility index (Phi) is 12.6. The molecule has 4 aromatic carbocycles. The molecule has 0 bridgehead atoms. The predicted octanol–water partition coefficient (Wildman–Crippen LogP) is 7.25. The number of phenols is 1.